The lowest BCUT2D eigenvalue weighted by Crippen LogP contribution is -2.48. The summed E-state index contributed by atoms with van der Waals surface area (Å²) in [5, 5.41) is 3.02. The highest BCUT2D eigenvalue weighted by atomic mass is 16.2. The van der Waals surface area contributed by atoms with E-state index in [1.807, 2.05) is 20.8 Å². The molecule has 4 nitrogen and oxygen atoms in total. The lowest BCUT2D eigenvalue weighted by molar-refractivity contribution is -0.135. The van der Waals surface area contributed by atoms with E-state index < -0.39 is 0 Å². The van der Waals surface area contributed by atoms with Gasteiger partial charge >= 0.3 is 0 Å². The summed E-state index contributed by atoms with van der Waals surface area (Å²) >= 11 is 0. The average Bonchev–Trinajstić information content (AvgIpc) is 3.08. The number of hydrogen-bond donors (Lipinski definition) is 2. The van der Waals surface area contributed by atoms with Gasteiger partial charge in [0.1, 0.15) is 0 Å². The topological polar surface area (TPSA) is 72.2 Å². The van der Waals surface area contributed by atoms with Gasteiger partial charge in [0, 0.05) is 17.4 Å². The Labute approximate surface area is 129 Å². The Morgan fingerprint density at radius 3 is 2.14 bits per heavy atom. The molecule has 0 unspecified atom stereocenters. The Kier molecular flexibility index (Phi) is 6.24. The molecule has 1 rings (SSSR count). The number of nitrogens with two attached hydrogens (primary N) is 1. The van der Waals surface area contributed by atoms with Crippen LogP contribution in [0.25, 0.3) is 0 Å². The Bertz CT molecular complexity index is 367. The van der Waals surface area contributed by atoms with Crippen LogP contribution in [0.1, 0.15) is 66.7 Å². The first kappa shape index (κ1) is 18.0. The van der Waals surface area contributed by atoms with Crippen LogP contribution in [0.4, 0.5) is 0 Å². The molecular formula is C17H32N2O2. The Balaban J connectivity index is 2.78. The molecule has 1 fully saturated rings. The zero-order chi connectivity index (χ0) is 16.2. The molecule has 0 heterocycles. The number of carbonyl (C=O) groups excluding carboxylic acids is 2. The van der Waals surface area contributed by atoms with E-state index in [-0.39, 0.29) is 29.2 Å². The highest BCUT2D eigenvalue weighted by Crippen LogP contribution is 2.36. The van der Waals surface area contributed by atoms with Gasteiger partial charge in [-0.3, -0.25) is 9.59 Å². The molecule has 0 saturated heterocycles. The lowest BCUT2D eigenvalue weighted by Gasteiger charge is -2.29. The molecule has 2 amide bonds. The van der Waals surface area contributed by atoms with Crippen LogP contribution in [0.5, 0.6) is 0 Å². The molecule has 0 radical (unpaired) electrons. The van der Waals surface area contributed by atoms with E-state index in [4.69, 9.17) is 5.73 Å². The predicted octanol–water partition coefficient (Wildman–Crippen LogP) is 2.86. The highest BCUT2D eigenvalue weighted by Gasteiger charge is 2.35. The predicted molar refractivity (Wildman–Crippen MR) is 85.5 cm³/mol. The molecule has 0 aromatic carbocycles. The first-order valence-corrected chi connectivity index (χ1v) is 8.21. The van der Waals surface area contributed by atoms with Crippen LogP contribution >= 0.6 is 0 Å². The first-order valence-electron chi connectivity index (χ1n) is 8.21. The van der Waals surface area contributed by atoms with Gasteiger partial charge in [0.25, 0.3) is 0 Å². The molecular weight excluding hydrogens is 264 g/mol. The number of carbonyl (C=O) groups is 2. The molecule has 122 valence electrons. The summed E-state index contributed by atoms with van der Waals surface area (Å²) in [4.78, 5) is 24.4. The van der Waals surface area contributed by atoms with E-state index in [1.54, 1.807) is 0 Å². The molecule has 0 aromatic heterocycles. The number of amides is 2. The summed E-state index contributed by atoms with van der Waals surface area (Å²) in [7, 11) is 0. The normalized spacial score (nSPS) is 18.4. The Morgan fingerprint density at radius 1 is 1.19 bits per heavy atom. The third-order valence-electron chi connectivity index (χ3n) is 3.99. The average molecular weight is 296 g/mol. The van der Waals surface area contributed by atoms with Crippen LogP contribution in [0.3, 0.4) is 0 Å². The van der Waals surface area contributed by atoms with Crippen molar-refractivity contribution in [2.75, 3.05) is 0 Å². The Hall–Kier alpha value is -1.06. The van der Waals surface area contributed by atoms with Gasteiger partial charge in [-0.05, 0) is 51.9 Å². The van der Waals surface area contributed by atoms with Crippen molar-refractivity contribution < 1.29 is 9.59 Å². The maximum atomic E-state index is 12.6. The zero-order valence-electron chi connectivity index (χ0n) is 14.2. The van der Waals surface area contributed by atoms with Gasteiger partial charge in [0.15, 0.2) is 0 Å². The summed E-state index contributed by atoms with van der Waals surface area (Å²) in [5.41, 5.74) is 5.32. The van der Waals surface area contributed by atoms with E-state index in [0.717, 1.165) is 18.8 Å². The molecule has 2 atom stereocenters. The number of rotatable bonds is 8. The van der Waals surface area contributed by atoms with Crippen molar-refractivity contribution in [1.29, 1.82) is 0 Å². The van der Waals surface area contributed by atoms with E-state index in [2.05, 4.69) is 19.2 Å². The quantitative estimate of drug-likeness (QED) is 0.723. The summed E-state index contributed by atoms with van der Waals surface area (Å²) in [6.45, 7) is 10.0. The van der Waals surface area contributed by atoms with Crippen molar-refractivity contribution in [2.45, 2.75) is 72.3 Å². The maximum absolute atomic E-state index is 12.6. The molecule has 4 heteroatoms. The largest absolute Gasteiger partial charge is 0.369 e. The second-order valence-corrected chi connectivity index (χ2v) is 8.00. The van der Waals surface area contributed by atoms with Gasteiger partial charge in [-0.1, -0.05) is 26.7 Å². The van der Waals surface area contributed by atoms with Crippen molar-refractivity contribution in [3.8, 4) is 0 Å². The van der Waals surface area contributed by atoms with Crippen LogP contribution in [-0.2, 0) is 9.59 Å². The fourth-order valence-corrected chi connectivity index (χ4v) is 2.79. The van der Waals surface area contributed by atoms with Crippen LogP contribution in [-0.4, -0.2) is 17.4 Å². The fraction of sp³-hybridized carbons (Fsp3) is 0.882. The van der Waals surface area contributed by atoms with Crippen molar-refractivity contribution in [2.24, 2.45) is 29.4 Å². The van der Waals surface area contributed by atoms with Crippen molar-refractivity contribution in [3.05, 3.63) is 0 Å². The zero-order valence-corrected chi connectivity index (χ0v) is 14.2. The van der Waals surface area contributed by atoms with Gasteiger partial charge in [-0.15, -0.1) is 0 Å². The third-order valence-corrected chi connectivity index (χ3v) is 3.99. The smallest absolute Gasteiger partial charge is 0.224 e. The minimum Gasteiger partial charge on any atom is -0.369 e. The monoisotopic (exact) mass is 296 g/mol. The van der Waals surface area contributed by atoms with Crippen molar-refractivity contribution >= 4 is 11.8 Å². The molecule has 0 aliphatic heterocycles. The van der Waals surface area contributed by atoms with Crippen LogP contribution in [0.15, 0.2) is 0 Å². The minimum atomic E-state index is -0.338. The maximum Gasteiger partial charge on any atom is 0.224 e. The van der Waals surface area contributed by atoms with Gasteiger partial charge < -0.3 is 11.1 Å². The lowest BCUT2D eigenvalue weighted by atomic mass is 9.80. The molecule has 21 heavy (non-hydrogen) atoms. The summed E-state index contributed by atoms with van der Waals surface area (Å²) in [5.74, 6) is 0.109. The standard InChI is InChI=1S/C17H32N2O2/c1-11(2)10-14(16(21)19-17(3,4)5)13(15(18)20)9-8-12-6-7-12/h11-14H,6-10H2,1-5H3,(H2,18,20)(H,19,21)/t13-,14+/m0/s1. The van der Waals surface area contributed by atoms with E-state index in [9.17, 15) is 9.59 Å². The fourth-order valence-electron chi connectivity index (χ4n) is 2.79. The van der Waals surface area contributed by atoms with Crippen LogP contribution in [0.2, 0.25) is 0 Å². The summed E-state index contributed by atoms with van der Waals surface area (Å²) in [6.07, 6.45) is 4.99. The summed E-state index contributed by atoms with van der Waals surface area (Å²) < 4.78 is 0. The second kappa shape index (κ2) is 7.28. The number of primary amides is 1. The van der Waals surface area contributed by atoms with Gasteiger partial charge in [0.05, 0.1) is 0 Å². The van der Waals surface area contributed by atoms with Crippen molar-refractivity contribution in [1.82, 2.24) is 5.32 Å². The highest BCUT2D eigenvalue weighted by molar-refractivity contribution is 5.87. The third kappa shape index (κ3) is 6.96. The van der Waals surface area contributed by atoms with Crippen molar-refractivity contribution in [3.63, 3.8) is 0 Å². The molecule has 3 N–H and O–H groups in total. The van der Waals surface area contributed by atoms with Gasteiger partial charge in [-0.25, -0.2) is 0 Å². The van der Waals surface area contributed by atoms with Crippen LogP contribution in [0, 0.1) is 23.7 Å². The van der Waals surface area contributed by atoms with Crippen LogP contribution < -0.4 is 11.1 Å². The SMILES string of the molecule is CC(C)C[C@@H](C(=O)NC(C)(C)C)[C@H](CCC1CC1)C(N)=O. The molecule has 1 aliphatic carbocycles. The van der Waals surface area contributed by atoms with E-state index in [1.165, 1.54) is 12.8 Å². The van der Waals surface area contributed by atoms with Gasteiger partial charge in [0.2, 0.25) is 11.8 Å². The minimum absolute atomic E-state index is 0.0317. The second-order valence-electron chi connectivity index (χ2n) is 8.00. The number of nitrogens with one attached hydrogen (secondary N) is 1. The molecule has 1 aliphatic rings. The number of hydrogen-bond acceptors (Lipinski definition) is 2. The molecule has 1 saturated carbocycles. The molecule has 0 aromatic rings. The Morgan fingerprint density at radius 2 is 1.76 bits per heavy atom. The van der Waals surface area contributed by atoms with E-state index >= 15 is 0 Å². The summed E-state index contributed by atoms with van der Waals surface area (Å²) in [6, 6.07) is 0. The first-order chi connectivity index (χ1) is 9.60. The molecule has 0 bridgehead atoms. The van der Waals surface area contributed by atoms with Gasteiger partial charge in [-0.2, -0.15) is 0 Å². The van der Waals surface area contributed by atoms with E-state index in [0.29, 0.717) is 12.3 Å². The molecule has 0 spiro atoms.